The number of anilines is 3. The van der Waals surface area contributed by atoms with E-state index in [1.54, 1.807) is 16.9 Å². The van der Waals surface area contributed by atoms with Gasteiger partial charge in [0, 0.05) is 35.9 Å². The van der Waals surface area contributed by atoms with Gasteiger partial charge in [-0.25, -0.2) is 4.79 Å². The van der Waals surface area contributed by atoms with Gasteiger partial charge >= 0.3 is 6.09 Å². The van der Waals surface area contributed by atoms with Crippen LogP contribution in [0.25, 0.3) is 11.1 Å². The minimum atomic E-state index is -0.656. The number of aliphatic hydroxyl groups is 1. The molecule has 0 saturated carbocycles. The van der Waals surface area contributed by atoms with Crippen molar-refractivity contribution >= 4 is 35.0 Å². The molecule has 3 atom stereocenters. The van der Waals surface area contributed by atoms with E-state index in [9.17, 15) is 19.5 Å². The lowest BCUT2D eigenvalue weighted by molar-refractivity contribution is -0.131. The summed E-state index contributed by atoms with van der Waals surface area (Å²) in [6, 6.07) is 50.4. The number of amides is 3. The molecule has 1 aliphatic heterocycles. The number of hydrogen-bond donors (Lipinski definition) is 2. The zero-order valence-corrected chi connectivity index (χ0v) is 33.7. The van der Waals surface area contributed by atoms with Crippen LogP contribution in [0.2, 0.25) is 0 Å². The van der Waals surface area contributed by atoms with Gasteiger partial charge in [-0.1, -0.05) is 109 Å². The standard InChI is InChI=1S/C51H49N3O6/c1-59-40-29-23-36(24-30-40)49-45(31-32-47(55)35-14-4-2-5-15-35)50(57)54(49)39-27-25-37(26-28-39)52-48(56)22-12-13-33-53(38-16-6-3-7-17-38)51(58)60-34-46-43-20-10-8-18-41(43)42-19-9-11-21-44(42)46/h2-11,14-21,23-30,45-47,49,55H,12-13,22,31-34H2,1H3,(H,52,56). The zero-order chi connectivity index (χ0) is 41.4. The molecule has 60 heavy (non-hydrogen) atoms. The van der Waals surface area contributed by atoms with Crippen LogP contribution in [0.5, 0.6) is 5.75 Å². The average Bonchev–Trinajstić information content (AvgIpc) is 3.61. The van der Waals surface area contributed by atoms with E-state index in [2.05, 4.69) is 29.6 Å². The lowest BCUT2D eigenvalue weighted by atomic mass is 9.78. The third-order valence-corrected chi connectivity index (χ3v) is 11.7. The number of hydrogen-bond acceptors (Lipinski definition) is 6. The first-order valence-corrected chi connectivity index (χ1v) is 20.7. The highest BCUT2D eigenvalue weighted by molar-refractivity contribution is 6.03. The van der Waals surface area contributed by atoms with Crippen LogP contribution < -0.4 is 19.9 Å². The van der Waals surface area contributed by atoms with Crippen LogP contribution in [-0.4, -0.2) is 43.3 Å². The Morgan fingerprint density at radius 2 is 1.37 bits per heavy atom. The third kappa shape index (κ3) is 8.67. The Morgan fingerprint density at radius 3 is 2.02 bits per heavy atom. The molecule has 0 radical (unpaired) electrons. The van der Waals surface area contributed by atoms with E-state index >= 15 is 0 Å². The van der Waals surface area contributed by atoms with Gasteiger partial charge in [-0.2, -0.15) is 0 Å². The van der Waals surface area contributed by atoms with Crippen molar-refractivity contribution in [3.63, 3.8) is 0 Å². The van der Waals surface area contributed by atoms with Crippen molar-refractivity contribution in [1.82, 2.24) is 0 Å². The topological polar surface area (TPSA) is 108 Å². The van der Waals surface area contributed by atoms with Crippen molar-refractivity contribution in [2.45, 2.75) is 50.2 Å². The molecule has 1 heterocycles. The Kier molecular flexibility index (Phi) is 12.3. The van der Waals surface area contributed by atoms with Gasteiger partial charge in [0.25, 0.3) is 0 Å². The Morgan fingerprint density at radius 1 is 0.750 bits per heavy atom. The number of methoxy groups -OCH3 is 1. The number of aliphatic hydroxyl groups excluding tert-OH is 1. The average molecular weight is 800 g/mol. The molecule has 1 aliphatic carbocycles. The zero-order valence-electron chi connectivity index (χ0n) is 33.7. The van der Waals surface area contributed by atoms with Crippen molar-refractivity contribution < 1.29 is 29.0 Å². The van der Waals surface area contributed by atoms with E-state index < -0.39 is 12.2 Å². The summed E-state index contributed by atoms with van der Waals surface area (Å²) in [4.78, 5) is 43.9. The molecule has 8 rings (SSSR count). The Labute approximate surface area is 351 Å². The van der Waals surface area contributed by atoms with Crippen molar-refractivity contribution in [3.8, 4) is 16.9 Å². The molecule has 3 unspecified atom stereocenters. The van der Waals surface area contributed by atoms with Crippen LogP contribution in [0.3, 0.4) is 0 Å². The highest BCUT2D eigenvalue weighted by Crippen LogP contribution is 2.47. The maximum atomic E-state index is 13.7. The summed E-state index contributed by atoms with van der Waals surface area (Å²) >= 11 is 0. The minimum Gasteiger partial charge on any atom is -0.497 e. The Balaban J connectivity index is 0.856. The van der Waals surface area contributed by atoms with Gasteiger partial charge in [-0.3, -0.25) is 14.5 Å². The van der Waals surface area contributed by atoms with E-state index in [1.807, 2.05) is 133 Å². The highest BCUT2D eigenvalue weighted by Gasteiger charge is 2.48. The van der Waals surface area contributed by atoms with Crippen molar-refractivity contribution in [2.24, 2.45) is 5.92 Å². The van der Waals surface area contributed by atoms with Crippen LogP contribution in [0.4, 0.5) is 21.9 Å². The van der Waals surface area contributed by atoms with Gasteiger partial charge in [-0.05, 0) is 108 Å². The fraction of sp³-hybridized carbons (Fsp3) is 0.235. The monoisotopic (exact) mass is 799 g/mol. The van der Waals surface area contributed by atoms with Crippen LogP contribution in [-0.2, 0) is 14.3 Å². The van der Waals surface area contributed by atoms with Gasteiger partial charge < -0.3 is 24.8 Å². The second kappa shape index (κ2) is 18.5. The van der Waals surface area contributed by atoms with Crippen LogP contribution in [0, 0.1) is 5.92 Å². The fourth-order valence-corrected chi connectivity index (χ4v) is 8.57. The second-order valence-electron chi connectivity index (χ2n) is 15.4. The molecule has 6 aromatic carbocycles. The quantitative estimate of drug-likeness (QED) is 0.0746. The van der Waals surface area contributed by atoms with E-state index in [1.165, 1.54) is 11.1 Å². The number of para-hydroxylation sites is 1. The molecule has 6 aromatic rings. The normalized spacial score (nSPS) is 16.0. The number of rotatable bonds is 16. The van der Waals surface area contributed by atoms with Crippen molar-refractivity contribution in [3.05, 3.63) is 180 Å². The molecule has 9 nitrogen and oxygen atoms in total. The molecule has 9 heteroatoms. The maximum Gasteiger partial charge on any atom is 0.414 e. The molecule has 1 saturated heterocycles. The summed E-state index contributed by atoms with van der Waals surface area (Å²) in [7, 11) is 1.62. The second-order valence-corrected chi connectivity index (χ2v) is 15.4. The van der Waals surface area contributed by atoms with Crippen molar-refractivity contribution in [2.75, 3.05) is 35.4 Å². The molecule has 0 bridgehead atoms. The summed E-state index contributed by atoms with van der Waals surface area (Å²) in [5.41, 5.74) is 8.58. The van der Waals surface area contributed by atoms with Crippen LogP contribution in [0.1, 0.15) is 72.4 Å². The first-order valence-electron chi connectivity index (χ1n) is 20.7. The van der Waals surface area contributed by atoms with E-state index in [0.717, 1.165) is 39.4 Å². The number of fused-ring (bicyclic) bond motifs is 3. The Hall–Kier alpha value is -6.71. The highest BCUT2D eigenvalue weighted by atomic mass is 16.6. The summed E-state index contributed by atoms with van der Waals surface area (Å²) < 4.78 is 11.4. The minimum absolute atomic E-state index is 0.00417. The molecular weight excluding hydrogens is 751 g/mol. The number of nitrogens with one attached hydrogen (secondary N) is 1. The fourth-order valence-electron chi connectivity index (χ4n) is 8.57. The lowest BCUT2D eigenvalue weighted by Gasteiger charge is -2.48. The molecule has 3 amide bonds. The van der Waals surface area contributed by atoms with Crippen molar-refractivity contribution in [1.29, 1.82) is 0 Å². The van der Waals surface area contributed by atoms with Crippen LogP contribution in [0.15, 0.2) is 158 Å². The van der Waals surface area contributed by atoms with Crippen LogP contribution >= 0.6 is 0 Å². The van der Waals surface area contributed by atoms with E-state index in [-0.39, 0.29) is 42.7 Å². The molecule has 304 valence electrons. The summed E-state index contributed by atoms with van der Waals surface area (Å²) in [5.74, 6) is 0.258. The van der Waals surface area contributed by atoms with E-state index in [0.29, 0.717) is 37.9 Å². The first-order chi connectivity index (χ1) is 29.4. The van der Waals surface area contributed by atoms with Gasteiger partial charge in [0.2, 0.25) is 11.8 Å². The van der Waals surface area contributed by atoms with Gasteiger partial charge in [0.1, 0.15) is 12.4 Å². The maximum absolute atomic E-state index is 13.7. The molecular formula is C51H49N3O6. The number of benzene rings is 6. The number of ether oxygens (including phenoxy) is 2. The summed E-state index contributed by atoms with van der Waals surface area (Å²) in [6.07, 6.45) is 1.36. The predicted octanol–water partition coefficient (Wildman–Crippen LogP) is 10.5. The smallest absolute Gasteiger partial charge is 0.414 e. The van der Waals surface area contributed by atoms with Gasteiger partial charge in [0.05, 0.1) is 25.2 Å². The van der Waals surface area contributed by atoms with E-state index in [4.69, 9.17) is 9.47 Å². The molecule has 1 fully saturated rings. The largest absolute Gasteiger partial charge is 0.497 e. The Bertz CT molecular complexity index is 2360. The molecule has 0 aromatic heterocycles. The number of unbranched alkanes of at least 4 members (excludes halogenated alkanes) is 1. The molecule has 0 spiro atoms. The lowest BCUT2D eigenvalue weighted by Crippen LogP contribution is -2.55. The third-order valence-electron chi connectivity index (χ3n) is 11.7. The number of carbonyl (C=O) groups is 3. The van der Waals surface area contributed by atoms with Gasteiger partial charge in [-0.15, -0.1) is 0 Å². The number of nitrogens with zero attached hydrogens (tertiary/aromatic N) is 2. The number of carbonyl (C=O) groups excluding carboxylic acids is 3. The first kappa shape index (κ1) is 40.1. The molecule has 2 N–H and O–H groups in total. The van der Waals surface area contributed by atoms with Gasteiger partial charge in [0.15, 0.2) is 0 Å². The predicted molar refractivity (Wildman–Crippen MR) is 235 cm³/mol. The molecule has 2 aliphatic rings. The number of β-lactam (4-membered cyclic amide) rings is 1. The summed E-state index contributed by atoms with van der Waals surface area (Å²) in [6.45, 7) is 0.624. The SMILES string of the molecule is COc1ccc(C2C(CCC(O)c3ccccc3)C(=O)N2c2ccc(NC(=O)CCCCN(C(=O)OCC3c4ccccc4-c4ccccc43)c3ccccc3)cc2)cc1. The summed E-state index contributed by atoms with van der Waals surface area (Å²) in [5, 5.41) is 13.8.